The van der Waals surface area contributed by atoms with Crippen LogP contribution in [-0.4, -0.2) is 56.7 Å². The number of nitrogens with one attached hydrogen (secondary N) is 2. The zero-order valence-corrected chi connectivity index (χ0v) is 14.3. The summed E-state index contributed by atoms with van der Waals surface area (Å²) in [7, 11) is 3.38. The average Bonchev–Trinajstić information content (AvgIpc) is 2.49. The fourth-order valence-electron chi connectivity index (χ4n) is 4.63. The van der Waals surface area contributed by atoms with E-state index in [1.165, 1.54) is 20.0 Å². The Bertz CT molecular complexity index is 446. The number of ether oxygens (including phenoxy) is 1. The fourth-order valence-corrected chi connectivity index (χ4v) is 4.63. The summed E-state index contributed by atoms with van der Waals surface area (Å²) in [6.07, 6.45) is 6.07. The number of methoxy groups -OCH3 is 1. The van der Waals surface area contributed by atoms with E-state index in [0.717, 1.165) is 51.2 Å². The van der Waals surface area contributed by atoms with E-state index in [4.69, 9.17) is 0 Å². The zero-order chi connectivity index (χ0) is 16.4. The van der Waals surface area contributed by atoms with Gasteiger partial charge in [-0.1, -0.05) is 0 Å². The van der Waals surface area contributed by atoms with Crippen molar-refractivity contribution in [3.05, 3.63) is 0 Å². The second-order valence-corrected chi connectivity index (χ2v) is 7.66. The molecule has 2 N–H and O–H groups in total. The van der Waals surface area contributed by atoms with Gasteiger partial charge in [0.1, 0.15) is 0 Å². The van der Waals surface area contributed by atoms with Gasteiger partial charge in [-0.2, -0.15) is 0 Å². The van der Waals surface area contributed by atoms with E-state index in [1.807, 2.05) is 7.05 Å². The maximum Gasteiger partial charge on any atom is 0.407 e. The normalized spacial score (nSPS) is 29.6. The molecule has 0 unspecified atom stereocenters. The van der Waals surface area contributed by atoms with Gasteiger partial charge in [0.25, 0.3) is 0 Å². The van der Waals surface area contributed by atoms with E-state index in [9.17, 15) is 9.59 Å². The van der Waals surface area contributed by atoms with Crippen LogP contribution in [0, 0.1) is 17.3 Å². The number of carbonyl (C=O) groups is 2. The van der Waals surface area contributed by atoms with Crippen molar-refractivity contribution in [2.45, 2.75) is 44.6 Å². The summed E-state index contributed by atoms with van der Waals surface area (Å²) < 4.78 is 4.59. The van der Waals surface area contributed by atoms with Gasteiger partial charge in [0.2, 0.25) is 5.91 Å². The van der Waals surface area contributed by atoms with Crippen molar-refractivity contribution in [1.82, 2.24) is 15.5 Å². The first-order valence-corrected chi connectivity index (χ1v) is 8.83. The number of likely N-dealkylation sites (tertiary alicyclic amines) is 1. The molecule has 2 saturated carbocycles. The van der Waals surface area contributed by atoms with E-state index in [-0.39, 0.29) is 17.9 Å². The van der Waals surface area contributed by atoms with Gasteiger partial charge in [-0.25, -0.2) is 4.79 Å². The molecule has 0 atom stereocenters. The van der Waals surface area contributed by atoms with Gasteiger partial charge < -0.3 is 20.3 Å². The molecule has 2 aliphatic carbocycles. The second-order valence-electron chi connectivity index (χ2n) is 7.66. The molecule has 3 rings (SSSR count). The summed E-state index contributed by atoms with van der Waals surface area (Å²) in [5.41, 5.74) is 0.521. The van der Waals surface area contributed by atoms with Gasteiger partial charge in [0, 0.05) is 25.0 Å². The lowest BCUT2D eigenvalue weighted by molar-refractivity contribution is -0.143. The number of nitrogens with zero attached hydrogens (tertiary/aromatic N) is 1. The molecule has 0 aromatic carbocycles. The molecule has 0 bridgehead atoms. The third-order valence-corrected chi connectivity index (χ3v) is 6.07. The molecule has 0 aromatic rings. The lowest BCUT2D eigenvalue weighted by atomic mass is 9.57. The van der Waals surface area contributed by atoms with Crippen LogP contribution in [0.1, 0.15) is 38.5 Å². The van der Waals surface area contributed by atoms with Crippen LogP contribution in [0.4, 0.5) is 4.79 Å². The minimum atomic E-state index is -0.401. The van der Waals surface area contributed by atoms with Crippen LogP contribution in [0.25, 0.3) is 0 Å². The minimum Gasteiger partial charge on any atom is -0.453 e. The number of hydrogen-bond acceptors (Lipinski definition) is 4. The first-order chi connectivity index (χ1) is 11.0. The third kappa shape index (κ3) is 3.47. The molecule has 3 fully saturated rings. The van der Waals surface area contributed by atoms with Crippen LogP contribution in [0.15, 0.2) is 0 Å². The maximum atomic E-state index is 12.5. The smallest absolute Gasteiger partial charge is 0.407 e. The summed E-state index contributed by atoms with van der Waals surface area (Å²) in [6.45, 7) is 2.95. The standard InChI is InChI=1S/C17H29N3O3/c1-18-11-12-9-17(10-12)3-5-20(6-4-17)15(21)13-7-14(8-13)19-16(22)23-2/h12-14,18H,3-11H2,1-2H3,(H,19,22). The van der Waals surface area contributed by atoms with Gasteiger partial charge in [0.05, 0.1) is 7.11 Å². The third-order valence-electron chi connectivity index (χ3n) is 6.07. The topological polar surface area (TPSA) is 70.7 Å². The van der Waals surface area contributed by atoms with Crippen molar-refractivity contribution in [1.29, 1.82) is 0 Å². The highest BCUT2D eigenvalue weighted by atomic mass is 16.5. The van der Waals surface area contributed by atoms with Gasteiger partial charge in [-0.15, -0.1) is 0 Å². The average molecular weight is 323 g/mol. The molecule has 23 heavy (non-hydrogen) atoms. The highest BCUT2D eigenvalue weighted by molar-refractivity contribution is 5.80. The first-order valence-electron chi connectivity index (χ1n) is 8.83. The van der Waals surface area contributed by atoms with E-state index < -0.39 is 6.09 Å². The Hall–Kier alpha value is -1.30. The van der Waals surface area contributed by atoms with Gasteiger partial charge in [0.15, 0.2) is 0 Å². The molecule has 1 heterocycles. The minimum absolute atomic E-state index is 0.0876. The van der Waals surface area contributed by atoms with Crippen molar-refractivity contribution in [3.8, 4) is 0 Å². The van der Waals surface area contributed by atoms with Crippen molar-refractivity contribution in [3.63, 3.8) is 0 Å². The first kappa shape index (κ1) is 16.6. The van der Waals surface area contributed by atoms with Crippen molar-refractivity contribution < 1.29 is 14.3 Å². The van der Waals surface area contributed by atoms with Crippen LogP contribution in [-0.2, 0) is 9.53 Å². The van der Waals surface area contributed by atoms with Crippen LogP contribution in [0.2, 0.25) is 0 Å². The molecule has 3 aliphatic rings. The van der Waals surface area contributed by atoms with Gasteiger partial charge in [-0.3, -0.25) is 4.79 Å². The number of hydrogen-bond donors (Lipinski definition) is 2. The number of amides is 2. The van der Waals surface area contributed by atoms with Gasteiger partial charge >= 0.3 is 6.09 Å². The maximum absolute atomic E-state index is 12.5. The molecule has 1 saturated heterocycles. The van der Waals surface area contributed by atoms with E-state index >= 15 is 0 Å². The lowest BCUT2D eigenvalue weighted by Crippen LogP contribution is -2.54. The summed E-state index contributed by atoms with van der Waals surface area (Å²) in [5.74, 6) is 1.21. The molecule has 6 heteroatoms. The van der Waals surface area contributed by atoms with E-state index in [2.05, 4.69) is 20.3 Å². The monoisotopic (exact) mass is 323 g/mol. The molecule has 1 spiro atoms. The Morgan fingerprint density at radius 2 is 1.87 bits per heavy atom. The Labute approximate surface area is 138 Å². The number of carbonyl (C=O) groups excluding carboxylic acids is 2. The Kier molecular flexibility index (Phi) is 4.80. The van der Waals surface area contributed by atoms with Crippen LogP contribution in [0.3, 0.4) is 0 Å². The number of piperidine rings is 1. The molecule has 2 amide bonds. The van der Waals surface area contributed by atoms with Gasteiger partial charge in [-0.05, 0) is 63.5 Å². The quantitative estimate of drug-likeness (QED) is 0.819. The van der Waals surface area contributed by atoms with Crippen LogP contribution < -0.4 is 10.6 Å². The Balaban J connectivity index is 1.38. The summed E-state index contributed by atoms with van der Waals surface area (Å²) in [6, 6.07) is 0.0986. The molecule has 0 aromatic heterocycles. The summed E-state index contributed by atoms with van der Waals surface area (Å²) in [4.78, 5) is 25.7. The molecular weight excluding hydrogens is 294 g/mol. The lowest BCUT2D eigenvalue weighted by Gasteiger charge is -2.53. The van der Waals surface area contributed by atoms with E-state index in [1.54, 1.807) is 0 Å². The molecule has 0 radical (unpaired) electrons. The number of rotatable bonds is 4. The zero-order valence-electron chi connectivity index (χ0n) is 14.3. The largest absolute Gasteiger partial charge is 0.453 e. The fraction of sp³-hybridized carbons (Fsp3) is 0.882. The number of alkyl carbamates (subject to hydrolysis) is 1. The highest BCUT2D eigenvalue weighted by Crippen LogP contribution is 2.52. The second kappa shape index (κ2) is 6.67. The molecule has 130 valence electrons. The predicted molar refractivity (Wildman–Crippen MR) is 87.0 cm³/mol. The van der Waals surface area contributed by atoms with Crippen molar-refractivity contribution in [2.24, 2.45) is 17.3 Å². The summed E-state index contributed by atoms with van der Waals surface area (Å²) >= 11 is 0. The SMILES string of the molecule is CNCC1CC2(CCN(C(=O)C3CC(NC(=O)OC)C3)CC2)C1. The Morgan fingerprint density at radius 1 is 1.22 bits per heavy atom. The molecule has 1 aliphatic heterocycles. The predicted octanol–water partition coefficient (Wildman–Crippen LogP) is 1.36. The molecule has 6 nitrogen and oxygen atoms in total. The van der Waals surface area contributed by atoms with Crippen LogP contribution >= 0.6 is 0 Å². The highest BCUT2D eigenvalue weighted by Gasteiger charge is 2.47. The van der Waals surface area contributed by atoms with E-state index in [0.29, 0.717) is 5.41 Å². The Morgan fingerprint density at radius 3 is 2.43 bits per heavy atom. The van der Waals surface area contributed by atoms with Crippen molar-refractivity contribution >= 4 is 12.0 Å². The van der Waals surface area contributed by atoms with Crippen molar-refractivity contribution in [2.75, 3.05) is 33.8 Å². The summed E-state index contributed by atoms with van der Waals surface area (Å²) in [5, 5.41) is 6.03. The van der Waals surface area contributed by atoms with Crippen LogP contribution in [0.5, 0.6) is 0 Å². The molecular formula is C17H29N3O3.